The summed E-state index contributed by atoms with van der Waals surface area (Å²) in [5.74, 6) is -0.0912. The molecular formula is C17H25NO2. The van der Waals surface area contributed by atoms with Crippen molar-refractivity contribution in [3.8, 4) is 0 Å². The lowest BCUT2D eigenvalue weighted by atomic mass is 10.0. The number of hydrogen-bond donors (Lipinski definition) is 0. The Hall–Kier alpha value is -1.35. The highest BCUT2D eigenvalue weighted by Crippen LogP contribution is 2.25. The number of esters is 1. The Morgan fingerprint density at radius 2 is 1.90 bits per heavy atom. The average molecular weight is 275 g/mol. The van der Waals surface area contributed by atoms with Crippen LogP contribution in [0.1, 0.15) is 50.6 Å². The van der Waals surface area contributed by atoms with Gasteiger partial charge in [-0.05, 0) is 37.9 Å². The molecule has 0 aromatic heterocycles. The zero-order chi connectivity index (χ0) is 14.2. The first-order chi connectivity index (χ1) is 9.83. The summed E-state index contributed by atoms with van der Waals surface area (Å²) in [6.07, 6.45) is 5.60. The summed E-state index contributed by atoms with van der Waals surface area (Å²) in [4.78, 5) is 14.7. The van der Waals surface area contributed by atoms with Gasteiger partial charge >= 0.3 is 5.97 Å². The van der Waals surface area contributed by atoms with Gasteiger partial charge in [0.25, 0.3) is 0 Å². The second-order valence-electron chi connectivity index (χ2n) is 5.43. The van der Waals surface area contributed by atoms with Crippen molar-refractivity contribution in [1.29, 1.82) is 0 Å². The highest BCUT2D eigenvalue weighted by atomic mass is 16.5. The van der Waals surface area contributed by atoms with Crippen LogP contribution in [0.25, 0.3) is 0 Å². The topological polar surface area (TPSA) is 29.5 Å². The average Bonchev–Trinajstić information content (AvgIpc) is 2.50. The van der Waals surface area contributed by atoms with Crippen molar-refractivity contribution < 1.29 is 9.53 Å². The third-order valence-electron chi connectivity index (χ3n) is 3.84. The summed E-state index contributed by atoms with van der Waals surface area (Å²) in [5, 5.41) is 0. The second-order valence-corrected chi connectivity index (χ2v) is 5.43. The largest absolute Gasteiger partial charge is 0.464 e. The monoisotopic (exact) mass is 275 g/mol. The van der Waals surface area contributed by atoms with Gasteiger partial charge in [-0.3, -0.25) is 4.90 Å². The number of ether oxygens (including phenoxy) is 1. The number of rotatable bonds is 6. The molecule has 0 spiro atoms. The van der Waals surface area contributed by atoms with Crippen molar-refractivity contribution >= 4 is 5.97 Å². The fraction of sp³-hybridized carbons (Fsp3) is 0.588. The number of likely N-dealkylation sites (tertiary alicyclic amines) is 1. The predicted molar refractivity (Wildman–Crippen MR) is 80.5 cm³/mol. The molecule has 1 fully saturated rings. The number of carbonyl (C=O) groups excluding carboxylic acids is 1. The van der Waals surface area contributed by atoms with E-state index in [1.165, 1.54) is 19.3 Å². The molecule has 3 heteroatoms. The minimum absolute atomic E-state index is 0.0912. The summed E-state index contributed by atoms with van der Waals surface area (Å²) in [6.45, 7) is 4.62. The standard InChI is InChI=1S/C17H25NO2/c1-2-3-14-20-17(19)16(15-10-6-4-7-11-15)18-12-8-5-9-13-18/h4,6-7,10-11,16H,2-3,5,8-9,12-14H2,1H3/t16-/m1/s1. The van der Waals surface area contributed by atoms with Gasteiger partial charge in [0.1, 0.15) is 6.04 Å². The molecule has 3 nitrogen and oxygen atoms in total. The molecule has 110 valence electrons. The van der Waals surface area contributed by atoms with Gasteiger partial charge in [-0.15, -0.1) is 0 Å². The molecule has 0 saturated carbocycles. The van der Waals surface area contributed by atoms with Gasteiger partial charge in [-0.25, -0.2) is 4.79 Å². The number of benzene rings is 1. The molecule has 0 unspecified atom stereocenters. The molecule has 0 radical (unpaired) electrons. The zero-order valence-corrected chi connectivity index (χ0v) is 12.4. The first-order valence-corrected chi connectivity index (χ1v) is 7.78. The summed E-state index contributed by atoms with van der Waals surface area (Å²) in [5.41, 5.74) is 1.05. The lowest BCUT2D eigenvalue weighted by Crippen LogP contribution is -2.38. The van der Waals surface area contributed by atoms with Crippen LogP contribution in [-0.4, -0.2) is 30.6 Å². The first-order valence-electron chi connectivity index (χ1n) is 7.78. The van der Waals surface area contributed by atoms with Crippen LogP contribution in [0, 0.1) is 0 Å². The van der Waals surface area contributed by atoms with Gasteiger partial charge in [-0.2, -0.15) is 0 Å². The van der Waals surface area contributed by atoms with Crippen molar-refractivity contribution in [2.24, 2.45) is 0 Å². The van der Waals surface area contributed by atoms with Crippen LogP contribution in [0.2, 0.25) is 0 Å². The van der Waals surface area contributed by atoms with E-state index < -0.39 is 0 Å². The fourth-order valence-corrected chi connectivity index (χ4v) is 2.70. The molecule has 2 rings (SSSR count). The van der Waals surface area contributed by atoms with E-state index in [1.54, 1.807) is 0 Å². The molecule has 0 amide bonds. The Morgan fingerprint density at radius 3 is 2.55 bits per heavy atom. The van der Waals surface area contributed by atoms with Gasteiger partial charge in [0, 0.05) is 0 Å². The van der Waals surface area contributed by atoms with Crippen LogP contribution in [0.15, 0.2) is 30.3 Å². The third kappa shape index (κ3) is 4.07. The number of unbranched alkanes of at least 4 members (excludes halogenated alkanes) is 1. The van der Waals surface area contributed by atoms with E-state index in [0.717, 1.165) is 31.5 Å². The van der Waals surface area contributed by atoms with Gasteiger partial charge in [0.05, 0.1) is 6.61 Å². The summed E-state index contributed by atoms with van der Waals surface area (Å²) < 4.78 is 5.47. The number of nitrogens with zero attached hydrogens (tertiary/aromatic N) is 1. The van der Waals surface area contributed by atoms with E-state index >= 15 is 0 Å². The van der Waals surface area contributed by atoms with Crippen LogP contribution in [0.3, 0.4) is 0 Å². The second kappa shape index (κ2) is 8.05. The molecule has 1 heterocycles. The van der Waals surface area contributed by atoms with Crippen molar-refractivity contribution in [2.75, 3.05) is 19.7 Å². The van der Waals surface area contributed by atoms with E-state index in [-0.39, 0.29) is 12.0 Å². The van der Waals surface area contributed by atoms with E-state index in [9.17, 15) is 4.79 Å². The number of carbonyl (C=O) groups is 1. The lowest BCUT2D eigenvalue weighted by molar-refractivity contribution is -0.151. The molecule has 1 aliphatic heterocycles. The molecule has 0 aliphatic carbocycles. The minimum atomic E-state index is -0.228. The normalized spacial score (nSPS) is 17.6. The summed E-state index contributed by atoms with van der Waals surface area (Å²) >= 11 is 0. The van der Waals surface area contributed by atoms with E-state index in [4.69, 9.17) is 4.74 Å². The molecule has 1 aromatic rings. The first kappa shape index (κ1) is 15.0. The third-order valence-corrected chi connectivity index (χ3v) is 3.84. The van der Waals surface area contributed by atoms with Crippen molar-refractivity contribution in [1.82, 2.24) is 4.90 Å². The maximum atomic E-state index is 12.5. The zero-order valence-electron chi connectivity index (χ0n) is 12.4. The van der Waals surface area contributed by atoms with Crippen LogP contribution < -0.4 is 0 Å². The van der Waals surface area contributed by atoms with Gasteiger partial charge < -0.3 is 4.74 Å². The van der Waals surface area contributed by atoms with E-state index in [1.807, 2.05) is 30.3 Å². The Balaban J connectivity index is 2.09. The summed E-state index contributed by atoms with van der Waals surface area (Å²) in [7, 11) is 0. The Morgan fingerprint density at radius 1 is 1.20 bits per heavy atom. The Labute approximate surface area is 121 Å². The van der Waals surface area contributed by atoms with Gasteiger partial charge in [-0.1, -0.05) is 50.1 Å². The van der Waals surface area contributed by atoms with Crippen molar-refractivity contribution in [2.45, 2.75) is 45.1 Å². The molecule has 1 atom stereocenters. The number of piperidine rings is 1. The maximum absolute atomic E-state index is 12.5. The summed E-state index contributed by atoms with van der Waals surface area (Å²) in [6, 6.07) is 9.80. The molecule has 0 N–H and O–H groups in total. The van der Waals surface area contributed by atoms with Crippen molar-refractivity contribution in [3.63, 3.8) is 0 Å². The highest BCUT2D eigenvalue weighted by molar-refractivity contribution is 5.77. The quantitative estimate of drug-likeness (QED) is 0.587. The Kier molecular flexibility index (Phi) is 6.06. The van der Waals surface area contributed by atoms with Crippen LogP contribution in [0.5, 0.6) is 0 Å². The predicted octanol–water partition coefficient (Wildman–Crippen LogP) is 3.56. The number of hydrogen-bond acceptors (Lipinski definition) is 3. The Bertz CT molecular complexity index is 399. The SMILES string of the molecule is CCCCOC(=O)[C@@H](c1ccccc1)N1CCCCC1. The molecule has 1 aliphatic rings. The fourth-order valence-electron chi connectivity index (χ4n) is 2.70. The van der Waals surface area contributed by atoms with E-state index in [2.05, 4.69) is 11.8 Å². The maximum Gasteiger partial charge on any atom is 0.328 e. The van der Waals surface area contributed by atoms with Crippen LogP contribution >= 0.6 is 0 Å². The molecule has 1 saturated heterocycles. The van der Waals surface area contributed by atoms with Gasteiger partial charge in [0.15, 0.2) is 0 Å². The molecule has 1 aromatic carbocycles. The van der Waals surface area contributed by atoms with Gasteiger partial charge in [0.2, 0.25) is 0 Å². The lowest BCUT2D eigenvalue weighted by Gasteiger charge is -2.33. The molecule has 0 bridgehead atoms. The van der Waals surface area contributed by atoms with Crippen LogP contribution in [-0.2, 0) is 9.53 Å². The van der Waals surface area contributed by atoms with E-state index in [0.29, 0.717) is 6.61 Å². The smallest absolute Gasteiger partial charge is 0.328 e. The molecule has 20 heavy (non-hydrogen) atoms. The van der Waals surface area contributed by atoms with Crippen molar-refractivity contribution in [3.05, 3.63) is 35.9 Å². The van der Waals surface area contributed by atoms with Crippen LogP contribution in [0.4, 0.5) is 0 Å². The highest BCUT2D eigenvalue weighted by Gasteiger charge is 2.29. The minimum Gasteiger partial charge on any atom is -0.464 e. The molecular weight excluding hydrogens is 250 g/mol.